The fraction of sp³-hybridized carbons (Fsp3) is 0.571. The average Bonchev–Trinajstić information content (AvgIpc) is 2.43. The Balaban J connectivity index is 0.00000242. The lowest BCUT2D eigenvalue weighted by Gasteiger charge is -2.36. The number of aromatic hydroxyl groups is 1. The summed E-state index contributed by atoms with van der Waals surface area (Å²) in [6, 6.07) is 2.42. The van der Waals surface area contributed by atoms with Crippen LogP contribution in [0.1, 0.15) is 18.5 Å². The summed E-state index contributed by atoms with van der Waals surface area (Å²) in [4.78, 5) is 1.33. The Morgan fingerprint density at radius 2 is 1.95 bits per heavy atom. The zero-order valence-corrected chi connectivity index (χ0v) is 13.0. The molecule has 126 valence electrons. The molecule has 2 rings (SSSR count). The predicted octanol–water partition coefficient (Wildman–Crippen LogP) is 2.72. The van der Waals surface area contributed by atoms with Gasteiger partial charge in [-0.15, -0.1) is 12.4 Å². The fourth-order valence-corrected chi connectivity index (χ4v) is 2.55. The topological polar surface area (TPSA) is 44.7 Å². The van der Waals surface area contributed by atoms with Gasteiger partial charge in [0.05, 0.1) is 6.61 Å². The van der Waals surface area contributed by atoms with Gasteiger partial charge in [-0.2, -0.15) is 13.2 Å². The maximum atomic E-state index is 13.5. The SMILES string of the molecule is CCOc1cccc([C@@H](N2CCNCC2)C(F)(F)F)c1O.Cl. The smallest absolute Gasteiger partial charge is 0.408 e. The van der Waals surface area contributed by atoms with Gasteiger partial charge in [-0.25, -0.2) is 0 Å². The van der Waals surface area contributed by atoms with Gasteiger partial charge in [-0.1, -0.05) is 12.1 Å². The Hall–Kier alpha value is -1.18. The lowest BCUT2D eigenvalue weighted by molar-refractivity contribution is -0.188. The number of ether oxygens (including phenoxy) is 1. The van der Waals surface area contributed by atoms with Gasteiger partial charge in [0.2, 0.25) is 0 Å². The fourth-order valence-electron chi connectivity index (χ4n) is 2.55. The van der Waals surface area contributed by atoms with Crippen LogP contribution in [0.5, 0.6) is 11.5 Å². The number of hydrogen-bond acceptors (Lipinski definition) is 4. The first-order chi connectivity index (χ1) is 9.95. The maximum absolute atomic E-state index is 13.5. The minimum absolute atomic E-state index is 0. The molecule has 1 saturated heterocycles. The number of hydrogen-bond donors (Lipinski definition) is 2. The number of phenols is 1. The van der Waals surface area contributed by atoms with Gasteiger partial charge in [0.25, 0.3) is 0 Å². The number of nitrogens with one attached hydrogen (secondary N) is 1. The number of benzene rings is 1. The van der Waals surface area contributed by atoms with Gasteiger partial charge in [-0.3, -0.25) is 4.90 Å². The van der Waals surface area contributed by atoms with E-state index in [2.05, 4.69) is 5.32 Å². The zero-order chi connectivity index (χ0) is 15.5. The third-order valence-electron chi connectivity index (χ3n) is 3.45. The van der Waals surface area contributed by atoms with Gasteiger partial charge < -0.3 is 15.2 Å². The van der Waals surface area contributed by atoms with Crippen LogP contribution >= 0.6 is 12.4 Å². The number of halogens is 4. The summed E-state index contributed by atoms with van der Waals surface area (Å²) < 4.78 is 45.6. The van der Waals surface area contributed by atoms with Crippen molar-refractivity contribution in [3.05, 3.63) is 23.8 Å². The molecule has 1 aliphatic rings. The molecular weight excluding hydrogens is 321 g/mol. The second-order valence-electron chi connectivity index (χ2n) is 4.86. The van der Waals surface area contributed by atoms with Gasteiger partial charge in [0, 0.05) is 31.7 Å². The quantitative estimate of drug-likeness (QED) is 0.884. The summed E-state index contributed by atoms with van der Waals surface area (Å²) in [5.41, 5.74) is -0.157. The molecule has 0 radical (unpaired) electrons. The molecule has 0 amide bonds. The van der Waals surface area contributed by atoms with E-state index in [9.17, 15) is 18.3 Å². The number of rotatable bonds is 4. The predicted molar refractivity (Wildman–Crippen MR) is 79.8 cm³/mol. The summed E-state index contributed by atoms with van der Waals surface area (Å²) in [6.45, 7) is 3.55. The summed E-state index contributed by atoms with van der Waals surface area (Å²) in [5, 5.41) is 13.1. The molecule has 0 spiro atoms. The van der Waals surface area contributed by atoms with Crippen LogP contribution in [0, 0.1) is 0 Å². The Kier molecular flexibility index (Phi) is 6.77. The summed E-state index contributed by atoms with van der Waals surface area (Å²) in [5.74, 6) is -0.348. The Labute approximate surface area is 133 Å². The minimum Gasteiger partial charge on any atom is -0.504 e. The first kappa shape index (κ1) is 18.9. The molecule has 1 heterocycles. The van der Waals surface area contributed by atoms with Gasteiger partial charge >= 0.3 is 6.18 Å². The number of alkyl halides is 3. The average molecular weight is 341 g/mol. The van der Waals surface area contributed by atoms with Crippen LogP contribution in [-0.4, -0.2) is 49.0 Å². The van der Waals surface area contributed by atoms with Crippen molar-refractivity contribution in [2.75, 3.05) is 32.8 Å². The number of para-hydroxylation sites is 1. The minimum atomic E-state index is -4.46. The Bertz CT molecular complexity index is 480. The molecule has 2 N–H and O–H groups in total. The monoisotopic (exact) mass is 340 g/mol. The lowest BCUT2D eigenvalue weighted by Crippen LogP contribution is -2.49. The molecule has 22 heavy (non-hydrogen) atoms. The maximum Gasteiger partial charge on any atom is 0.408 e. The number of piperazine rings is 1. The molecule has 0 aliphatic carbocycles. The summed E-state index contributed by atoms with van der Waals surface area (Å²) in [7, 11) is 0. The Morgan fingerprint density at radius 3 is 2.50 bits per heavy atom. The molecular formula is C14H20ClF3N2O2. The highest BCUT2D eigenvalue weighted by Gasteiger charge is 2.46. The van der Waals surface area contributed by atoms with E-state index in [-0.39, 0.29) is 43.4 Å². The van der Waals surface area contributed by atoms with Crippen molar-refractivity contribution < 1.29 is 23.0 Å². The van der Waals surface area contributed by atoms with Crippen LogP contribution in [0.15, 0.2) is 18.2 Å². The highest BCUT2D eigenvalue weighted by Crippen LogP contribution is 2.44. The normalized spacial score (nSPS) is 17.6. The summed E-state index contributed by atoms with van der Waals surface area (Å²) in [6.07, 6.45) is -4.46. The molecule has 1 aromatic carbocycles. The van der Waals surface area contributed by atoms with E-state index in [1.165, 1.54) is 23.1 Å². The van der Waals surface area contributed by atoms with Crippen molar-refractivity contribution in [1.29, 1.82) is 0 Å². The van der Waals surface area contributed by atoms with Crippen LogP contribution in [0.4, 0.5) is 13.2 Å². The van der Waals surface area contributed by atoms with Gasteiger partial charge in [-0.05, 0) is 13.0 Å². The van der Waals surface area contributed by atoms with Crippen LogP contribution in [0.25, 0.3) is 0 Å². The van der Waals surface area contributed by atoms with Crippen molar-refractivity contribution in [2.24, 2.45) is 0 Å². The van der Waals surface area contributed by atoms with Crippen molar-refractivity contribution >= 4 is 12.4 Å². The van der Waals surface area contributed by atoms with Crippen molar-refractivity contribution in [2.45, 2.75) is 19.1 Å². The Morgan fingerprint density at radius 1 is 1.32 bits per heavy atom. The second-order valence-corrected chi connectivity index (χ2v) is 4.86. The van der Waals surface area contributed by atoms with Crippen LogP contribution in [0.3, 0.4) is 0 Å². The van der Waals surface area contributed by atoms with Crippen LogP contribution in [0.2, 0.25) is 0 Å². The van der Waals surface area contributed by atoms with E-state index in [1.54, 1.807) is 6.92 Å². The van der Waals surface area contributed by atoms with E-state index in [0.717, 1.165) is 0 Å². The van der Waals surface area contributed by atoms with Gasteiger partial charge in [0.15, 0.2) is 11.5 Å². The first-order valence-electron chi connectivity index (χ1n) is 6.91. The molecule has 1 atom stereocenters. The molecule has 0 bridgehead atoms. The second kappa shape index (κ2) is 7.89. The first-order valence-corrected chi connectivity index (χ1v) is 6.91. The van der Waals surface area contributed by atoms with Crippen molar-refractivity contribution in [1.82, 2.24) is 10.2 Å². The molecule has 0 unspecified atom stereocenters. The van der Waals surface area contributed by atoms with Crippen molar-refractivity contribution in [3.63, 3.8) is 0 Å². The zero-order valence-electron chi connectivity index (χ0n) is 12.2. The number of nitrogens with zero attached hydrogens (tertiary/aromatic N) is 1. The van der Waals surface area contributed by atoms with Crippen LogP contribution in [-0.2, 0) is 0 Å². The highest BCUT2D eigenvalue weighted by molar-refractivity contribution is 5.85. The molecule has 0 saturated carbocycles. The third-order valence-corrected chi connectivity index (χ3v) is 3.45. The third kappa shape index (κ3) is 4.18. The van der Waals surface area contributed by atoms with Crippen molar-refractivity contribution in [3.8, 4) is 11.5 Å². The molecule has 1 aromatic rings. The summed E-state index contributed by atoms with van der Waals surface area (Å²) >= 11 is 0. The van der Waals surface area contributed by atoms with E-state index in [0.29, 0.717) is 13.1 Å². The van der Waals surface area contributed by atoms with E-state index in [4.69, 9.17) is 4.74 Å². The highest BCUT2D eigenvalue weighted by atomic mass is 35.5. The van der Waals surface area contributed by atoms with E-state index >= 15 is 0 Å². The molecule has 0 aromatic heterocycles. The molecule has 1 aliphatic heterocycles. The number of phenolic OH excluding ortho intramolecular Hbond substituents is 1. The van der Waals surface area contributed by atoms with Crippen LogP contribution < -0.4 is 10.1 Å². The molecule has 8 heteroatoms. The van der Waals surface area contributed by atoms with Gasteiger partial charge in [0.1, 0.15) is 6.04 Å². The molecule has 4 nitrogen and oxygen atoms in total. The molecule has 1 fully saturated rings. The van der Waals surface area contributed by atoms with E-state index in [1.807, 2.05) is 0 Å². The standard InChI is InChI=1S/C14H19F3N2O2.ClH/c1-2-21-11-5-3-4-10(12(11)20)13(14(15,16)17)19-8-6-18-7-9-19;/h3-5,13,18,20H,2,6-9H2,1H3;1H/t13-;/m1./s1. The lowest BCUT2D eigenvalue weighted by atomic mass is 10.0. The van der Waals surface area contributed by atoms with E-state index < -0.39 is 18.0 Å². The largest absolute Gasteiger partial charge is 0.504 e.